The van der Waals surface area contributed by atoms with Crippen molar-refractivity contribution in [2.24, 2.45) is 0 Å². The number of esters is 1. The number of ether oxygens (including phenoxy) is 3. The number of carbonyl (C=O) groups is 2. The number of allylic oxidation sites excluding steroid dienone is 10. The summed E-state index contributed by atoms with van der Waals surface area (Å²) in [6, 6.07) is -0.832. The number of aliphatic hydroxyl groups is 5. The Labute approximate surface area is 445 Å². The minimum Gasteiger partial charge on any atom is -0.465 e. The van der Waals surface area contributed by atoms with Crippen molar-refractivity contribution in [2.45, 2.75) is 288 Å². The highest BCUT2D eigenvalue weighted by atomic mass is 16.7. The third kappa shape index (κ3) is 41.0. The zero-order valence-corrected chi connectivity index (χ0v) is 46.3. The molecule has 7 unspecified atom stereocenters. The molecule has 11 nitrogen and oxygen atoms in total. The number of unbranched alkanes of at least 4 members (excludes halogenated alkanes) is 26. The fraction of sp³-hybridized carbons (Fsp3) is 0.774. The lowest BCUT2D eigenvalue weighted by Gasteiger charge is -2.40. The van der Waals surface area contributed by atoms with Gasteiger partial charge in [0.05, 0.1) is 32.0 Å². The van der Waals surface area contributed by atoms with E-state index >= 15 is 0 Å². The van der Waals surface area contributed by atoms with Crippen LogP contribution in [0.1, 0.15) is 245 Å². The first kappa shape index (κ1) is 68.1. The minimum atomic E-state index is -1.58. The maximum atomic E-state index is 13.0. The number of rotatable bonds is 50. The molecule has 7 atom stereocenters. The number of hydrogen-bond acceptors (Lipinski definition) is 10. The Bertz CT molecular complexity index is 1440. The van der Waals surface area contributed by atoms with E-state index in [0.29, 0.717) is 19.4 Å². The minimum absolute atomic E-state index is 0.0647. The summed E-state index contributed by atoms with van der Waals surface area (Å²) in [4.78, 5) is 25.0. The van der Waals surface area contributed by atoms with Crippen molar-refractivity contribution in [3.63, 3.8) is 0 Å². The van der Waals surface area contributed by atoms with Gasteiger partial charge in [-0.15, -0.1) is 0 Å². The zero-order chi connectivity index (χ0) is 53.1. The summed E-state index contributed by atoms with van der Waals surface area (Å²) in [5.74, 6) is -0.265. The van der Waals surface area contributed by atoms with Crippen molar-refractivity contribution in [1.29, 1.82) is 0 Å². The summed E-state index contributed by atoms with van der Waals surface area (Å²) in [5, 5.41) is 54.2. The average molecular weight is 1030 g/mol. The van der Waals surface area contributed by atoms with Crippen molar-refractivity contribution in [3.05, 3.63) is 72.9 Å². The Morgan fingerprint density at radius 3 is 1.48 bits per heavy atom. The number of hydrogen-bond donors (Lipinski definition) is 6. The first-order valence-corrected chi connectivity index (χ1v) is 29.7. The fourth-order valence-electron chi connectivity index (χ4n) is 8.77. The second-order valence-electron chi connectivity index (χ2n) is 20.3. The van der Waals surface area contributed by atoms with Gasteiger partial charge in [-0.25, -0.2) is 0 Å². The van der Waals surface area contributed by atoms with Crippen LogP contribution >= 0.6 is 0 Å². The fourth-order valence-corrected chi connectivity index (χ4v) is 8.77. The van der Waals surface area contributed by atoms with Crippen molar-refractivity contribution in [1.82, 2.24) is 5.32 Å². The van der Waals surface area contributed by atoms with Gasteiger partial charge in [-0.1, -0.05) is 215 Å². The predicted octanol–water partition coefficient (Wildman–Crippen LogP) is 13.6. The van der Waals surface area contributed by atoms with Gasteiger partial charge in [-0.2, -0.15) is 0 Å². The van der Waals surface area contributed by atoms with E-state index < -0.39 is 49.5 Å². The largest absolute Gasteiger partial charge is 0.465 e. The summed E-state index contributed by atoms with van der Waals surface area (Å²) in [6.07, 6.45) is 57.3. The van der Waals surface area contributed by atoms with Gasteiger partial charge in [0.25, 0.3) is 0 Å². The van der Waals surface area contributed by atoms with E-state index in [1.807, 2.05) is 6.08 Å². The second-order valence-corrected chi connectivity index (χ2v) is 20.3. The van der Waals surface area contributed by atoms with Crippen LogP contribution in [-0.2, 0) is 23.8 Å². The average Bonchev–Trinajstić information content (AvgIpc) is 3.39. The maximum Gasteiger partial charge on any atom is 0.305 e. The van der Waals surface area contributed by atoms with E-state index in [9.17, 15) is 35.1 Å². The number of amides is 1. The normalized spacial score (nSPS) is 19.5. The van der Waals surface area contributed by atoms with Crippen LogP contribution in [0.2, 0.25) is 0 Å². The molecule has 1 aliphatic rings. The van der Waals surface area contributed by atoms with Gasteiger partial charge in [0.1, 0.15) is 24.4 Å². The molecule has 0 aromatic heterocycles. The SMILES string of the molecule is CCCC/C=C\C/C=C\CCCCCCCC(=O)OCC/C=C\C/C=C\CCCCCCCCCCCCCCCCC(=O)NC(COC1OC(CO)C(O)C(O)C1O)C(O)/C=C/CC/C=C/CCCCCC. The van der Waals surface area contributed by atoms with Crippen LogP contribution in [0.25, 0.3) is 0 Å². The lowest BCUT2D eigenvalue weighted by atomic mass is 9.99. The molecule has 11 heteroatoms. The highest BCUT2D eigenvalue weighted by Crippen LogP contribution is 2.23. The molecule has 0 spiro atoms. The van der Waals surface area contributed by atoms with Crippen LogP contribution in [-0.4, -0.2) is 100 Å². The third-order valence-electron chi connectivity index (χ3n) is 13.5. The molecule has 1 rings (SSSR count). The van der Waals surface area contributed by atoms with Crippen molar-refractivity contribution in [2.75, 3.05) is 19.8 Å². The van der Waals surface area contributed by atoms with Gasteiger partial charge in [-0.05, 0) is 89.9 Å². The van der Waals surface area contributed by atoms with Crippen LogP contribution in [0.15, 0.2) is 72.9 Å². The molecule has 0 bridgehead atoms. The second kappa shape index (κ2) is 51.2. The lowest BCUT2D eigenvalue weighted by Crippen LogP contribution is -2.60. The molecule has 1 amide bonds. The smallest absolute Gasteiger partial charge is 0.305 e. The zero-order valence-electron chi connectivity index (χ0n) is 46.3. The summed E-state index contributed by atoms with van der Waals surface area (Å²) in [6.45, 7) is 4.12. The first-order valence-electron chi connectivity index (χ1n) is 29.7. The highest BCUT2D eigenvalue weighted by Gasteiger charge is 2.44. The molecule has 1 fully saturated rings. The van der Waals surface area contributed by atoms with E-state index in [4.69, 9.17) is 14.2 Å². The number of carbonyl (C=O) groups excluding carboxylic acids is 2. The third-order valence-corrected chi connectivity index (χ3v) is 13.5. The van der Waals surface area contributed by atoms with Gasteiger partial charge < -0.3 is 45.1 Å². The van der Waals surface area contributed by atoms with Crippen molar-refractivity contribution in [3.8, 4) is 0 Å². The lowest BCUT2D eigenvalue weighted by molar-refractivity contribution is -0.302. The topological polar surface area (TPSA) is 175 Å². The number of nitrogens with one attached hydrogen (secondary N) is 1. The molecule has 73 heavy (non-hydrogen) atoms. The van der Waals surface area contributed by atoms with E-state index in [1.54, 1.807) is 6.08 Å². The molecular formula is C62H109NO10. The van der Waals surface area contributed by atoms with Crippen LogP contribution in [0.3, 0.4) is 0 Å². The van der Waals surface area contributed by atoms with E-state index in [0.717, 1.165) is 89.9 Å². The van der Waals surface area contributed by atoms with Crippen LogP contribution in [0.5, 0.6) is 0 Å². The van der Waals surface area contributed by atoms with E-state index in [2.05, 4.69) is 79.9 Å². The monoisotopic (exact) mass is 1030 g/mol. The van der Waals surface area contributed by atoms with Crippen molar-refractivity contribution >= 4 is 11.9 Å². The van der Waals surface area contributed by atoms with Crippen LogP contribution < -0.4 is 5.32 Å². The van der Waals surface area contributed by atoms with E-state index in [-0.39, 0.29) is 18.5 Å². The predicted molar refractivity (Wildman–Crippen MR) is 301 cm³/mol. The molecule has 0 aromatic rings. The molecule has 422 valence electrons. The molecule has 0 saturated carbocycles. The molecule has 0 aliphatic carbocycles. The Morgan fingerprint density at radius 2 is 0.945 bits per heavy atom. The van der Waals surface area contributed by atoms with Gasteiger partial charge in [0.15, 0.2) is 6.29 Å². The van der Waals surface area contributed by atoms with Crippen LogP contribution in [0.4, 0.5) is 0 Å². The molecule has 0 aromatic carbocycles. The first-order chi connectivity index (χ1) is 35.7. The standard InChI is InChI=1S/C62H109NO10/c1-3-5-7-9-11-13-15-16-27-30-34-38-42-46-50-58(67)71-51-47-43-39-35-31-28-25-23-21-19-17-18-20-22-24-26-29-33-37-41-45-49-57(66)63-54(53-72-62-61(70)60(69)59(68)56(52-64)73-62)55(65)48-44-40-36-32-14-12-10-8-6-4-2/h9,11,14-16,28,31-32,39,43-44,48,54-56,59-62,64-65,68-70H,3-8,10,12-13,17-27,29-30,33-38,40-42,45-47,49-53H2,1-2H3,(H,63,66)/b11-9-,16-15-,31-28-,32-14+,43-39-,48-44+. The molecule has 1 aliphatic heterocycles. The Morgan fingerprint density at radius 1 is 0.507 bits per heavy atom. The van der Waals surface area contributed by atoms with Gasteiger partial charge in [-0.3, -0.25) is 9.59 Å². The van der Waals surface area contributed by atoms with Gasteiger partial charge in [0.2, 0.25) is 5.91 Å². The van der Waals surface area contributed by atoms with Crippen LogP contribution in [0, 0.1) is 0 Å². The van der Waals surface area contributed by atoms with E-state index in [1.165, 1.54) is 128 Å². The van der Waals surface area contributed by atoms with Gasteiger partial charge in [0, 0.05) is 12.8 Å². The number of aliphatic hydroxyl groups excluding tert-OH is 5. The quantitative estimate of drug-likeness (QED) is 0.0195. The Kier molecular flexibility index (Phi) is 47.8. The maximum absolute atomic E-state index is 13.0. The Balaban J connectivity index is 2.06. The summed E-state index contributed by atoms with van der Waals surface area (Å²) in [5.41, 5.74) is 0. The molecular weight excluding hydrogens is 919 g/mol. The summed E-state index contributed by atoms with van der Waals surface area (Å²) >= 11 is 0. The molecule has 1 heterocycles. The van der Waals surface area contributed by atoms with Gasteiger partial charge >= 0.3 is 5.97 Å². The Hall–Kier alpha value is -2.90. The molecule has 1 saturated heterocycles. The molecule has 0 radical (unpaired) electrons. The summed E-state index contributed by atoms with van der Waals surface area (Å²) in [7, 11) is 0. The summed E-state index contributed by atoms with van der Waals surface area (Å²) < 4.78 is 16.6. The van der Waals surface area contributed by atoms with Crippen molar-refractivity contribution < 1.29 is 49.3 Å². The highest BCUT2D eigenvalue weighted by molar-refractivity contribution is 5.76. The molecule has 6 N–H and O–H groups in total.